The van der Waals surface area contributed by atoms with Crippen LogP contribution in [0.15, 0.2) is 29.8 Å². The van der Waals surface area contributed by atoms with E-state index in [9.17, 15) is 14.7 Å². The highest BCUT2D eigenvalue weighted by Crippen LogP contribution is 2.40. The second kappa shape index (κ2) is 12.1. The number of rotatable bonds is 8. The molecule has 3 aliphatic rings. The van der Waals surface area contributed by atoms with Crippen LogP contribution in [0.3, 0.4) is 0 Å². The van der Waals surface area contributed by atoms with E-state index in [1.165, 1.54) is 22.4 Å². The van der Waals surface area contributed by atoms with Gasteiger partial charge in [0.2, 0.25) is 11.8 Å². The van der Waals surface area contributed by atoms with Gasteiger partial charge in [-0.15, -0.1) is 11.3 Å². The lowest BCUT2D eigenvalue weighted by molar-refractivity contribution is -0.228. The zero-order valence-electron chi connectivity index (χ0n) is 25.0. The number of carbonyl (C=O) groups excluding carboxylic acids is 1. The fraction of sp³-hybridized carbons (Fsp3) is 0.517. The van der Waals surface area contributed by atoms with E-state index in [0.29, 0.717) is 56.1 Å². The number of carboxylic acid groups (broad SMARTS) is 1. The van der Waals surface area contributed by atoms with Crippen LogP contribution in [0.1, 0.15) is 26.1 Å². The zero-order valence-corrected chi connectivity index (χ0v) is 25.8. The number of aromatic nitrogens is 4. The second-order valence-electron chi connectivity index (χ2n) is 11.1. The van der Waals surface area contributed by atoms with Gasteiger partial charge in [0.15, 0.2) is 11.6 Å². The predicted octanol–water partition coefficient (Wildman–Crippen LogP) is 2.86. The standard InChI is InChI=1S/C29H35N7O7S/c1-5-34(4)28(39)43-19-11-21(35-8-9-41-29(17(35)2)15-40-16-29)25(30-13-19)42-20-12-22(26(37)38)36(14-20)27-32-18(3)31-24(33-27)23-7-6-10-44-23/h6-7,10-11,13,17,20,22H,5,8-9,12,14-16H2,1-4H3,(H,37,38)/t17-,20-,22-/m0/s1. The van der Waals surface area contributed by atoms with E-state index < -0.39 is 29.8 Å². The maximum atomic E-state index is 12.5. The third-order valence-electron chi connectivity index (χ3n) is 8.31. The first-order valence-electron chi connectivity index (χ1n) is 14.5. The third-order valence-corrected chi connectivity index (χ3v) is 9.18. The SMILES string of the molecule is CCN(C)C(=O)Oc1cnc(O[C@H]2C[C@@H](C(=O)O)N(c3nc(C)nc(-c4cccs4)n3)C2)c(N2CCOC3(COC3)[C@@H]2C)c1. The minimum absolute atomic E-state index is 0.0888. The highest BCUT2D eigenvalue weighted by Gasteiger charge is 2.50. The molecule has 3 aromatic heterocycles. The van der Waals surface area contributed by atoms with Crippen LogP contribution in [0, 0.1) is 6.92 Å². The molecule has 0 bridgehead atoms. The third kappa shape index (κ3) is 5.74. The number of morpholine rings is 1. The van der Waals surface area contributed by atoms with E-state index in [4.69, 9.17) is 18.9 Å². The van der Waals surface area contributed by atoms with Crippen molar-refractivity contribution in [2.45, 2.75) is 51.0 Å². The number of amides is 1. The first-order chi connectivity index (χ1) is 21.2. The summed E-state index contributed by atoms with van der Waals surface area (Å²) in [4.78, 5) is 49.2. The van der Waals surface area contributed by atoms with Crippen molar-refractivity contribution in [3.63, 3.8) is 0 Å². The number of hydrogen-bond donors (Lipinski definition) is 1. The van der Waals surface area contributed by atoms with Gasteiger partial charge in [-0.3, -0.25) is 0 Å². The molecule has 44 heavy (non-hydrogen) atoms. The van der Waals surface area contributed by atoms with Gasteiger partial charge in [-0.1, -0.05) is 6.07 Å². The van der Waals surface area contributed by atoms with Crippen LogP contribution in [0.2, 0.25) is 0 Å². The van der Waals surface area contributed by atoms with Crippen molar-refractivity contribution in [2.75, 3.05) is 56.3 Å². The van der Waals surface area contributed by atoms with Gasteiger partial charge in [0.25, 0.3) is 0 Å². The average Bonchev–Trinajstić information content (AvgIpc) is 3.68. The topological polar surface area (TPSA) is 153 Å². The van der Waals surface area contributed by atoms with Crippen LogP contribution in [0.4, 0.5) is 16.4 Å². The van der Waals surface area contributed by atoms with Gasteiger partial charge in [0, 0.05) is 32.6 Å². The lowest BCUT2D eigenvalue weighted by Crippen LogP contribution is -2.68. The number of carboxylic acids is 1. The smallest absolute Gasteiger partial charge is 0.415 e. The summed E-state index contributed by atoms with van der Waals surface area (Å²) in [5.74, 6) is 0.840. The number of pyridine rings is 1. The molecule has 3 fully saturated rings. The van der Waals surface area contributed by atoms with Gasteiger partial charge in [-0.2, -0.15) is 9.97 Å². The molecule has 6 rings (SSSR count). The molecule has 15 heteroatoms. The Bertz CT molecular complexity index is 1520. The fourth-order valence-corrected chi connectivity index (χ4v) is 6.25. The Balaban J connectivity index is 1.29. The summed E-state index contributed by atoms with van der Waals surface area (Å²) >= 11 is 1.50. The van der Waals surface area contributed by atoms with Crippen molar-refractivity contribution >= 4 is 35.0 Å². The number of anilines is 2. The van der Waals surface area contributed by atoms with Gasteiger partial charge in [-0.05, 0) is 32.2 Å². The molecule has 1 spiro atoms. The highest BCUT2D eigenvalue weighted by molar-refractivity contribution is 7.13. The fourth-order valence-electron chi connectivity index (χ4n) is 5.59. The molecule has 0 saturated carbocycles. The van der Waals surface area contributed by atoms with Crippen molar-refractivity contribution in [3.05, 3.63) is 35.6 Å². The Morgan fingerprint density at radius 1 is 1.25 bits per heavy atom. The minimum atomic E-state index is -1.00. The number of aryl methyl sites for hydroxylation is 1. The van der Waals surface area contributed by atoms with Crippen molar-refractivity contribution in [1.29, 1.82) is 0 Å². The molecular formula is C29H35N7O7S. The average molecular weight is 626 g/mol. The summed E-state index contributed by atoms with van der Waals surface area (Å²) in [7, 11) is 1.65. The van der Waals surface area contributed by atoms with E-state index in [1.54, 1.807) is 24.9 Å². The van der Waals surface area contributed by atoms with Crippen LogP contribution < -0.4 is 19.3 Å². The van der Waals surface area contributed by atoms with Gasteiger partial charge in [0.1, 0.15) is 29.3 Å². The molecule has 0 aromatic carbocycles. The van der Waals surface area contributed by atoms with Crippen LogP contribution >= 0.6 is 11.3 Å². The summed E-state index contributed by atoms with van der Waals surface area (Å²) in [5, 5.41) is 12.1. The van der Waals surface area contributed by atoms with Crippen LogP contribution in [0.5, 0.6) is 11.6 Å². The van der Waals surface area contributed by atoms with E-state index in [1.807, 2.05) is 24.4 Å². The molecule has 3 saturated heterocycles. The minimum Gasteiger partial charge on any atom is -0.480 e. The number of nitrogens with zero attached hydrogens (tertiary/aromatic N) is 7. The number of thiophene rings is 1. The Morgan fingerprint density at radius 3 is 2.75 bits per heavy atom. The lowest BCUT2D eigenvalue weighted by atomic mass is 9.90. The quantitative estimate of drug-likeness (QED) is 0.391. The predicted molar refractivity (Wildman–Crippen MR) is 161 cm³/mol. The van der Waals surface area contributed by atoms with E-state index in [0.717, 1.165) is 4.88 Å². The van der Waals surface area contributed by atoms with Crippen molar-refractivity contribution < 1.29 is 33.6 Å². The van der Waals surface area contributed by atoms with E-state index in [2.05, 4.69) is 31.8 Å². The Hall–Kier alpha value is -4.08. The summed E-state index contributed by atoms with van der Waals surface area (Å²) in [6, 6.07) is 4.56. The molecule has 1 amide bonds. The number of hydrogen-bond acceptors (Lipinski definition) is 13. The molecule has 6 heterocycles. The highest BCUT2D eigenvalue weighted by atomic mass is 32.1. The largest absolute Gasteiger partial charge is 0.480 e. The summed E-state index contributed by atoms with van der Waals surface area (Å²) in [5.41, 5.74) is 0.165. The van der Waals surface area contributed by atoms with Crippen molar-refractivity contribution in [2.24, 2.45) is 0 Å². The van der Waals surface area contributed by atoms with E-state index >= 15 is 0 Å². The van der Waals surface area contributed by atoms with Gasteiger partial charge in [0.05, 0.1) is 43.5 Å². The maximum Gasteiger partial charge on any atom is 0.415 e. The van der Waals surface area contributed by atoms with Crippen molar-refractivity contribution in [1.82, 2.24) is 24.8 Å². The Kier molecular flexibility index (Phi) is 8.26. The first-order valence-corrected chi connectivity index (χ1v) is 15.4. The molecule has 0 unspecified atom stereocenters. The molecule has 0 radical (unpaired) electrons. The monoisotopic (exact) mass is 625 g/mol. The van der Waals surface area contributed by atoms with Crippen LogP contribution in [-0.4, -0.2) is 112 Å². The Morgan fingerprint density at radius 2 is 2.07 bits per heavy atom. The molecule has 3 atom stereocenters. The summed E-state index contributed by atoms with van der Waals surface area (Å²) in [6.07, 6.45) is 0.585. The molecule has 3 aliphatic heterocycles. The molecule has 14 nitrogen and oxygen atoms in total. The zero-order chi connectivity index (χ0) is 31.0. The second-order valence-corrected chi connectivity index (χ2v) is 12.1. The lowest BCUT2D eigenvalue weighted by Gasteiger charge is -2.53. The van der Waals surface area contributed by atoms with Gasteiger partial charge < -0.3 is 38.8 Å². The summed E-state index contributed by atoms with van der Waals surface area (Å²) < 4.78 is 23.7. The normalized spacial score (nSPS) is 22.5. The number of aliphatic carboxylic acids is 1. The molecule has 0 aliphatic carbocycles. The van der Waals surface area contributed by atoms with Gasteiger partial charge >= 0.3 is 12.1 Å². The molecular weight excluding hydrogens is 590 g/mol. The first kappa shape index (κ1) is 30.0. The number of ether oxygens (including phenoxy) is 4. The summed E-state index contributed by atoms with van der Waals surface area (Å²) in [6.45, 7) is 8.35. The Labute approximate surface area is 258 Å². The van der Waals surface area contributed by atoms with E-state index in [-0.39, 0.29) is 30.7 Å². The number of carbonyl (C=O) groups is 2. The molecule has 234 valence electrons. The van der Waals surface area contributed by atoms with Crippen molar-refractivity contribution in [3.8, 4) is 22.3 Å². The molecule has 1 N–H and O–H groups in total. The van der Waals surface area contributed by atoms with Crippen LogP contribution in [0.25, 0.3) is 10.7 Å². The van der Waals surface area contributed by atoms with Crippen LogP contribution in [-0.2, 0) is 14.3 Å². The maximum absolute atomic E-state index is 12.5. The molecule has 3 aromatic rings. The van der Waals surface area contributed by atoms with Gasteiger partial charge in [-0.25, -0.2) is 19.6 Å².